The summed E-state index contributed by atoms with van der Waals surface area (Å²) in [6.45, 7) is 4.46. The van der Waals surface area contributed by atoms with Crippen LogP contribution in [0.5, 0.6) is 0 Å². The fourth-order valence-electron chi connectivity index (χ4n) is 2.55. The number of rotatable bonds is 4. The van der Waals surface area contributed by atoms with Crippen LogP contribution in [-0.2, 0) is 6.42 Å². The molecular formula is C14H21FN2. The average molecular weight is 236 g/mol. The number of nitrogens with one attached hydrogen (secondary N) is 1. The summed E-state index contributed by atoms with van der Waals surface area (Å²) < 4.78 is 13.0. The van der Waals surface area contributed by atoms with Gasteiger partial charge < -0.3 is 10.2 Å². The van der Waals surface area contributed by atoms with Crippen molar-refractivity contribution in [3.05, 3.63) is 35.6 Å². The number of hydrogen-bond acceptors (Lipinski definition) is 2. The number of benzene rings is 1. The van der Waals surface area contributed by atoms with Crippen molar-refractivity contribution in [2.45, 2.75) is 31.8 Å². The van der Waals surface area contributed by atoms with Crippen LogP contribution in [0.2, 0.25) is 0 Å². The van der Waals surface area contributed by atoms with Crippen LogP contribution in [0.15, 0.2) is 24.3 Å². The highest BCUT2D eigenvalue weighted by Crippen LogP contribution is 2.10. The summed E-state index contributed by atoms with van der Waals surface area (Å²) in [6.07, 6.45) is 2.10. The average Bonchev–Trinajstić information content (AvgIpc) is 2.63. The summed E-state index contributed by atoms with van der Waals surface area (Å²) in [5.41, 5.74) is 1.07. The highest BCUT2D eigenvalue weighted by Gasteiger charge is 2.20. The van der Waals surface area contributed by atoms with Gasteiger partial charge in [0.1, 0.15) is 5.82 Å². The van der Waals surface area contributed by atoms with Gasteiger partial charge in [0, 0.05) is 18.6 Å². The molecular weight excluding hydrogens is 215 g/mol. The van der Waals surface area contributed by atoms with E-state index in [2.05, 4.69) is 24.2 Å². The fraction of sp³-hybridized carbons (Fsp3) is 0.571. The molecule has 2 nitrogen and oxygen atoms in total. The van der Waals surface area contributed by atoms with Gasteiger partial charge in [-0.1, -0.05) is 12.1 Å². The lowest BCUT2D eigenvalue weighted by Gasteiger charge is -2.19. The molecule has 17 heavy (non-hydrogen) atoms. The van der Waals surface area contributed by atoms with Crippen molar-refractivity contribution < 1.29 is 4.39 Å². The van der Waals surface area contributed by atoms with Crippen molar-refractivity contribution in [3.8, 4) is 0 Å². The second kappa shape index (κ2) is 5.61. The monoisotopic (exact) mass is 236 g/mol. The first kappa shape index (κ1) is 12.5. The molecule has 0 radical (unpaired) electrons. The molecule has 0 aliphatic carbocycles. The SMILES string of the molecule is CC(Cc1cccc(F)c1)NC1CCN(C)C1. The van der Waals surface area contributed by atoms with Crippen LogP contribution in [0, 0.1) is 5.82 Å². The van der Waals surface area contributed by atoms with E-state index < -0.39 is 0 Å². The molecule has 0 spiro atoms. The molecule has 94 valence electrons. The number of nitrogens with zero attached hydrogens (tertiary/aromatic N) is 1. The smallest absolute Gasteiger partial charge is 0.123 e. The molecule has 1 aromatic carbocycles. The molecule has 1 heterocycles. The maximum absolute atomic E-state index is 13.0. The predicted molar refractivity (Wildman–Crippen MR) is 68.6 cm³/mol. The molecule has 0 amide bonds. The summed E-state index contributed by atoms with van der Waals surface area (Å²) in [5, 5.41) is 3.61. The Morgan fingerprint density at radius 1 is 1.53 bits per heavy atom. The first-order valence-corrected chi connectivity index (χ1v) is 6.32. The normalized spacial score (nSPS) is 22.9. The van der Waals surface area contributed by atoms with Gasteiger partial charge in [-0.2, -0.15) is 0 Å². The number of halogens is 1. The van der Waals surface area contributed by atoms with Crippen LogP contribution in [0.25, 0.3) is 0 Å². The molecule has 1 aliphatic heterocycles. The van der Waals surface area contributed by atoms with Gasteiger partial charge in [0.05, 0.1) is 0 Å². The highest BCUT2D eigenvalue weighted by atomic mass is 19.1. The van der Waals surface area contributed by atoms with E-state index in [0.29, 0.717) is 12.1 Å². The van der Waals surface area contributed by atoms with E-state index in [1.165, 1.54) is 19.0 Å². The Bertz CT molecular complexity index is 367. The molecule has 0 bridgehead atoms. The number of likely N-dealkylation sites (N-methyl/N-ethyl adjacent to an activating group) is 1. The standard InChI is InChI=1S/C14H21FN2/c1-11(16-14-6-7-17(2)10-14)8-12-4-3-5-13(15)9-12/h3-5,9,11,14,16H,6-8,10H2,1-2H3. The lowest BCUT2D eigenvalue weighted by atomic mass is 10.1. The van der Waals surface area contributed by atoms with Crippen molar-refractivity contribution in [3.63, 3.8) is 0 Å². The van der Waals surface area contributed by atoms with E-state index in [-0.39, 0.29) is 5.82 Å². The van der Waals surface area contributed by atoms with Crippen molar-refractivity contribution in [2.24, 2.45) is 0 Å². The maximum atomic E-state index is 13.0. The predicted octanol–water partition coefficient (Wildman–Crippen LogP) is 2.05. The second-order valence-corrected chi connectivity index (χ2v) is 5.15. The van der Waals surface area contributed by atoms with Gasteiger partial charge in [0.25, 0.3) is 0 Å². The molecule has 1 N–H and O–H groups in total. The quantitative estimate of drug-likeness (QED) is 0.860. The van der Waals surface area contributed by atoms with Gasteiger partial charge in [-0.25, -0.2) is 4.39 Å². The van der Waals surface area contributed by atoms with E-state index in [0.717, 1.165) is 18.5 Å². The molecule has 0 saturated carbocycles. The second-order valence-electron chi connectivity index (χ2n) is 5.15. The Morgan fingerprint density at radius 3 is 3.00 bits per heavy atom. The van der Waals surface area contributed by atoms with Gasteiger partial charge >= 0.3 is 0 Å². The van der Waals surface area contributed by atoms with Crippen LogP contribution in [0.4, 0.5) is 4.39 Å². The van der Waals surface area contributed by atoms with Gasteiger partial charge in [-0.05, 0) is 51.1 Å². The number of hydrogen-bond donors (Lipinski definition) is 1. The van der Waals surface area contributed by atoms with Gasteiger partial charge in [-0.3, -0.25) is 0 Å². The molecule has 2 rings (SSSR count). The molecule has 2 unspecified atom stereocenters. The lowest BCUT2D eigenvalue weighted by molar-refractivity contribution is 0.384. The molecule has 1 saturated heterocycles. The Labute approximate surface area is 103 Å². The van der Waals surface area contributed by atoms with Crippen molar-refractivity contribution in [2.75, 3.05) is 20.1 Å². The van der Waals surface area contributed by atoms with Crippen molar-refractivity contribution in [1.82, 2.24) is 10.2 Å². The maximum Gasteiger partial charge on any atom is 0.123 e. The van der Waals surface area contributed by atoms with Crippen LogP contribution >= 0.6 is 0 Å². The van der Waals surface area contributed by atoms with E-state index in [1.807, 2.05) is 6.07 Å². The van der Waals surface area contributed by atoms with Gasteiger partial charge in [-0.15, -0.1) is 0 Å². The molecule has 0 aromatic heterocycles. The van der Waals surface area contributed by atoms with Crippen molar-refractivity contribution >= 4 is 0 Å². The molecule has 1 fully saturated rings. The number of likely N-dealkylation sites (tertiary alicyclic amines) is 1. The Kier molecular flexibility index (Phi) is 4.13. The molecule has 1 aliphatic rings. The summed E-state index contributed by atoms with van der Waals surface area (Å²) >= 11 is 0. The minimum atomic E-state index is -0.143. The van der Waals surface area contributed by atoms with Gasteiger partial charge in [0.2, 0.25) is 0 Å². The third-order valence-corrected chi connectivity index (χ3v) is 3.34. The Morgan fingerprint density at radius 2 is 2.35 bits per heavy atom. The third-order valence-electron chi connectivity index (χ3n) is 3.34. The first-order valence-electron chi connectivity index (χ1n) is 6.32. The van der Waals surface area contributed by atoms with E-state index in [4.69, 9.17) is 0 Å². The van der Waals surface area contributed by atoms with Crippen molar-refractivity contribution in [1.29, 1.82) is 0 Å². The van der Waals surface area contributed by atoms with Crippen LogP contribution in [0.3, 0.4) is 0 Å². The molecule has 3 heteroatoms. The Hall–Kier alpha value is -0.930. The Balaban J connectivity index is 1.83. The minimum Gasteiger partial charge on any atom is -0.310 e. The largest absolute Gasteiger partial charge is 0.310 e. The zero-order valence-electron chi connectivity index (χ0n) is 10.6. The topological polar surface area (TPSA) is 15.3 Å². The zero-order chi connectivity index (χ0) is 12.3. The van der Waals surface area contributed by atoms with Crippen LogP contribution in [0.1, 0.15) is 18.9 Å². The third kappa shape index (κ3) is 3.79. The van der Waals surface area contributed by atoms with E-state index in [1.54, 1.807) is 12.1 Å². The van der Waals surface area contributed by atoms with Crippen LogP contribution < -0.4 is 5.32 Å². The van der Waals surface area contributed by atoms with E-state index >= 15 is 0 Å². The zero-order valence-corrected chi connectivity index (χ0v) is 10.6. The summed E-state index contributed by atoms with van der Waals surface area (Å²) in [5.74, 6) is -0.143. The molecule has 2 atom stereocenters. The fourth-order valence-corrected chi connectivity index (χ4v) is 2.55. The van der Waals surface area contributed by atoms with Crippen LogP contribution in [-0.4, -0.2) is 37.1 Å². The van der Waals surface area contributed by atoms with E-state index in [9.17, 15) is 4.39 Å². The van der Waals surface area contributed by atoms with Gasteiger partial charge in [0.15, 0.2) is 0 Å². The lowest BCUT2D eigenvalue weighted by Crippen LogP contribution is -2.39. The molecule has 1 aromatic rings. The first-order chi connectivity index (χ1) is 8.13. The summed E-state index contributed by atoms with van der Waals surface area (Å²) in [7, 11) is 2.15. The summed E-state index contributed by atoms with van der Waals surface area (Å²) in [4.78, 5) is 2.34. The summed E-state index contributed by atoms with van der Waals surface area (Å²) in [6, 6.07) is 7.87. The minimum absolute atomic E-state index is 0.143. The highest BCUT2D eigenvalue weighted by molar-refractivity contribution is 5.17.